The van der Waals surface area contributed by atoms with Gasteiger partial charge in [0.2, 0.25) is 5.91 Å². The fourth-order valence-electron chi connectivity index (χ4n) is 2.48. The summed E-state index contributed by atoms with van der Waals surface area (Å²) in [4.78, 5) is 26.0. The van der Waals surface area contributed by atoms with Crippen molar-refractivity contribution in [2.24, 2.45) is 0 Å². The Morgan fingerprint density at radius 2 is 1.84 bits per heavy atom. The highest BCUT2D eigenvalue weighted by Gasteiger charge is 2.33. The Morgan fingerprint density at radius 1 is 1.16 bits per heavy atom. The third-order valence-corrected chi connectivity index (χ3v) is 5.02. The monoisotopic (exact) mass is 368 g/mol. The molecule has 0 radical (unpaired) electrons. The van der Waals surface area contributed by atoms with E-state index in [9.17, 15) is 9.59 Å². The summed E-state index contributed by atoms with van der Waals surface area (Å²) >= 11 is 6.68. The average molecular weight is 368 g/mol. The van der Waals surface area contributed by atoms with Crippen LogP contribution in [0.4, 0.5) is 11.4 Å². The summed E-state index contributed by atoms with van der Waals surface area (Å²) < 4.78 is 0.497. The van der Waals surface area contributed by atoms with E-state index in [0.717, 1.165) is 11.1 Å². The first kappa shape index (κ1) is 17.4. The van der Waals surface area contributed by atoms with E-state index in [2.05, 4.69) is 5.32 Å². The molecule has 1 heterocycles. The molecule has 2 aromatic carbocycles. The van der Waals surface area contributed by atoms with Crippen LogP contribution in [0.1, 0.15) is 18.1 Å². The van der Waals surface area contributed by atoms with Crippen LogP contribution in [-0.4, -0.2) is 16.1 Å². The highest BCUT2D eigenvalue weighted by molar-refractivity contribution is 8.27. The predicted molar refractivity (Wildman–Crippen MR) is 108 cm³/mol. The average Bonchev–Trinajstić information content (AvgIpc) is 2.84. The number of benzene rings is 2. The summed E-state index contributed by atoms with van der Waals surface area (Å²) in [7, 11) is 0. The Bertz CT molecular complexity index is 889. The van der Waals surface area contributed by atoms with Gasteiger partial charge < -0.3 is 5.32 Å². The van der Waals surface area contributed by atoms with Gasteiger partial charge in [0.05, 0.1) is 10.6 Å². The maximum Gasteiger partial charge on any atom is 0.270 e. The summed E-state index contributed by atoms with van der Waals surface area (Å²) in [5.74, 6) is -0.273. The number of thioether (sulfide) groups is 1. The van der Waals surface area contributed by atoms with Crippen molar-refractivity contribution < 1.29 is 9.59 Å². The van der Waals surface area contributed by atoms with E-state index < -0.39 is 0 Å². The molecule has 4 nitrogen and oxygen atoms in total. The van der Waals surface area contributed by atoms with Crippen LogP contribution in [0.3, 0.4) is 0 Å². The zero-order valence-corrected chi connectivity index (χ0v) is 15.4. The van der Waals surface area contributed by atoms with Crippen molar-refractivity contribution in [1.82, 2.24) is 0 Å². The zero-order valence-electron chi connectivity index (χ0n) is 13.8. The molecule has 0 saturated carbocycles. The molecule has 0 bridgehead atoms. The summed E-state index contributed by atoms with van der Waals surface area (Å²) in [6.07, 6.45) is 1.88. The highest BCUT2D eigenvalue weighted by atomic mass is 32.2. The minimum Gasteiger partial charge on any atom is -0.326 e. The molecule has 25 heavy (non-hydrogen) atoms. The highest BCUT2D eigenvalue weighted by Crippen LogP contribution is 2.36. The maximum absolute atomic E-state index is 12.8. The third kappa shape index (κ3) is 3.81. The van der Waals surface area contributed by atoms with Crippen molar-refractivity contribution in [2.45, 2.75) is 13.8 Å². The van der Waals surface area contributed by atoms with Gasteiger partial charge in [0, 0.05) is 12.6 Å². The first-order valence-electron chi connectivity index (χ1n) is 7.67. The molecule has 2 amide bonds. The van der Waals surface area contributed by atoms with Crippen molar-refractivity contribution in [3.63, 3.8) is 0 Å². The molecule has 3 rings (SSSR count). The Balaban J connectivity index is 1.87. The lowest BCUT2D eigenvalue weighted by atomic mass is 10.1. The van der Waals surface area contributed by atoms with Crippen LogP contribution < -0.4 is 10.2 Å². The second-order valence-electron chi connectivity index (χ2n) is 5.60. The lowest BCUT2D eigenvalue weighted by molar-refractivity contribution is -0.114. The van der Waals surface area contributed by atoms with Crippen molar-refractivity contribution in [3.8, 4) is 0 Å². The number of nitrogens with one attached hydrogen (secondary N) is 1. The minimum absolute atomic E-state index is 0.134. The second-order valence-corrected chi connectivity index (χ2v) is 7.28. The molecule has 0 aromatic heterocycles. The molecule has 6 heteroatoms. The first-order valence-corrected chi connectivity index (χ1v) is 8.89. The van der Waals surface area contributed by atoms with E-state index in [-0.39, 0.29) is 11.8 Å². The summed E-state index contributed by atoms with van der Waals surface area (Å²) in [6.45, 7) is 3.46. The van der Waals surface area contributed by atoms with Crippen LogP contribution in [-0.2, 0) is 9.59 Å². The topological polar surface area (TPSA) is 49.4 Å². The molecule has 1 aliphatic rings. The maximum atomic E-state index is 12.8. The van der Waals surface area contributed by atoms with Crippen molar-refractivity contribution in [3.05, 3.63) is 64.6 Å². The Labute approximate surface area is 155 Å². The zero-order chi connectivity index (χ0) is 18.0. The van der Waals surface area contributed by atoms with Crippen molar-refractivity contribution in [1.29, 1.82) is 0 Å². The molecular formula is C19H16N2O2S2. The predicted octanol–water partition coefficient (Wildman–Crippen LogP) is 4.36. The van der Waals surface area contributed by atoms with Crippen LogP contribution in [0.2, 0.25) is 0 Å². The fourth-order valence-corrected chi connectivity index (χ4v) is 3.77. The van der Waals surface area contributed by atoms with E-state index in [1.807, 2.05) is 37.3 Å². The van der Waals surface area contributed by atoms with Crippen LogP contribution in [0.15, 0.2) is 53.4 Å². The largest absolute Gasteiger partial charge is 0.326 e. The third-order valence-electron chi connectivity index (χ3n) is 3.71. The van der Waals surface area contributed by atoms with E-state index in [1.165, 1.54) is 23.6 Å². The number of thiocarbonyl (C=S) groups is 1. The Morgan fingerprint density at radius 3 is 2.48 bits per heavy atom. The van der Waals surface area contributed by atoms with Gasteiger partial charge in [-0.3, -0.25) is 14.5 Å². The smallest absolute Gasteiger partial charge is 0.270 e. The van der Waals surface area contributed by atoms with Gasteiger partial charge in [-0.1, -0.05) is 48.2 Å². The number of nitrogens with zero attached hydrogens (tertiary/aromatic N) is 1. The SMILES string of the molecule is CC(=O)Nc1ccc(N2C(=O)/C(=C/c3ccccc3C)SC2=S)cc1. The molecule has 126 valence electrons. The van der Waals surface area contributed by atoms with E-state index in [4.69, 9.17) is 12.2 Å². The fraction of sp³-hybridized carbons (Fsp3) is 0.105. The number of anilines is 2. The van der Waals surface area contributed by atoms with Gasteiger partial charge in [-0.2, -0.15) is 0 Å². The molecule has 2 aromatic rings. The number of hydrogen-bond acceptors (Lipinski definition) is 4. The minimum atomic E-state index is -0.139. The molecule has 0 atom stereocenters. The molecule has 1 N–H and O–H groups in total. The van der Waals surface area contributed by atoms with E-state index in [0.29, 0.717) is 20.6 Å². The van der Waals surface area contributed by atoms with Gasteiger partial charge in [-0.25, -0.2) is 0 Å². The van der Waals surface area contributed by atoms with Crippen LogP contribution in [0.5, 0.6) is 0 Å². The number of amides is 2. The van der Waals surface area contributed by atoms with Crippen molar-refractivity contribution in [2.75, 3.05) is 10.2 Å². The number of aryl methyl sites for hydroxylation is 1. The molecule has 0 spiro atoms. The number of rotatable bonds is 3. The second kappa shape index (κ2) is 7.21. The van der Waals surface area contributed by atoms with E-state index >= 15 is 0 Å². The van der Waals surface area contributed by atoms with Crippen LogP contribution in [0, 0.1) is 6.92 Å². The molecular weight excluding hydrogens is 352 g/mol. The van der Waals surface area contributed by atoms with Gasteiger partial charge in [0.15, 0.2) is 4.32 Å². The molecule has 0 aliphatic carbocycles. The standard InChI is InChI=1S/C19H16N2O2S2/c1-12-5-3-4-6-14(12)11-17-18(23)21(19(24)25-17)16-9-7-15(8-10-16)20-13(2)22/h3-11H,1-2H3,(H,20,22)/b17-11-. The first-order chi connectivity index (χ1) is 12.0. The van der Waals surface area contributed by atoms with Crippen LogP contribution >= 0.6 is 24.0 Å². The van der Waals surface area contributed by atoms with E-state index in [1.54, 1.807) is 24.3 Å². The summed E-state index contributed by atoms with van der Waals surface area (Å²) in [5, 5.41) is 2.70. The quantitative estimate of drug-likeness (QED) is 0.646. The van der Waals surface area contributed by atoms with Gasteiger partial charge in [-0.05, 0) is 48.4 Å². The summed E-state index contributed by atoms with van der Waals surface area (Å²) in [6, 6.07) is 14.9. The number of carbonyl (C=O) groups excluding carboxylic acids is 2. The van der Waals surface area contributed by atoms with Gasteiger partial charge in [0.1, 0.15) is 0 Å². The lowest BCUT2D eigenvalue weighted by Gasteiger charge is -2.15. The van der Waals surface area contributed by atoms with Crippen molar-refractivity contribution >= 4 is 57.6 Å². The number of hydrogen-bond donors (Lipinski definition) is 1. The van der Waals surface area contributed by atoms with Gasteiger partial charge in [0.25, 0.3) is 5.91 Å². The summed E-state index contributed by atoms with van der Waals surface area (Å²) in [5.41, 5.74) is 3.47. The molecule has 1 saturated heterocycles. The normalized spacial score (nSPS) is 15.8. The molecule has 1 fully saturated rings. The van der Waals surface area contributed by atoms with Crippen LogP contribution in [0.25, 0.3) is 6.08 Å². The Kier molecular flexibility index (Phi) is 5.01. The van der Waals surface area contributed by atoms with Gasteiger partial charge >= 0.3 is 0 Å². The molecule has 0 unspecified atom stereocenters. The lowest BCUT2D eigenvalue weighted by Crippen LogP contribution is -2.27. The number of carbonyl (C=O) groups is 2. The molecule has 1 aliphatic heterocycles. The Hall–Kier alpha value is -2.44. The van der Waals surface area contributed by atoms with Gasteiger partial charge in [-0.15, -0.1) is 0 Å².